The molecule has 0 heterocycles. The summed E-state index contributed by atoms with van der Waals surface area (Å²) in [6.45, 7) is 3.24. The predicted molar refractivity (Wildman–Crippen MR) is 107 cm³/mol. The summed E-state index contributed by atoms with van der Waals surface area (Å²) in [5, 5.41) is 11.1. The van der Waals surface area contributed by atoms with E-state index in [2.05, 4.69) is 16.9 Å². The van der Waals surface area contributed by atoms with E-state index in [1.54, 1.807) is 0 Å². The number of aliphatic carboxylic acids is 1. The zero-order chi connectivity index (χ0) is 24.2. The summed E-state index contributed by atoms with van der Waals surface area (Å²) in [7, 11) is 0. The largest absolute Gasteiger partial charge is 0.481 e. The number of hydrogen-bond acceptors (Lipinski definition) is 5. The van der Waals surface area contributed by atoms with Crippen LogP contribution in [-0.2, 0) is 20.6 Å². The van der Waals surface area contributed by atoms with Crippen molar-refractivity contribution in [2.75, 3.05) is 0 Å². The van der Waals surface area contributed by atoms with E-state index in [4.69, 9.17) is 16.6 Å². The van der Waals surface area contributed by atoms with E-state index in [0.717, 1.165) is 12.1 Å². The molecule has 6 N–H and O–H groups in total. The smallest absolute Gasteiger partial charge is 0.416 e. The second-order valence-electron chi connectivity index (χ2n) is 7.30. The van der Waals surface area contributed by atoms with Crippen molar-refractivity contribution in [3.8, 4) is 0 Å². The van der Waals surface area contributed by atoms with Gasteiger partial charge in [-0.25, -0.2) is 4.99 Å². The molecule has 0 spiro atoms. The molecule has 1 aliphatic carbocycles. The lowest BCUT2D eigenvalue weighted by atomic mass is 10.0. The number of carboxylic acids is 1. The second-order valence-corrected chi connectivity index (χ2v) is 7.30. The molecule has 3 atom stereocenters. The van der Waals surface area contributed by atoms with Crippen molar-refractivity contribution in [3.63, 3.8) is 0 Å². The maximum absolute atomic E-state index is 13.2. The first-order chi connectivity index (χ1) is 14.8. The molecule has 1 aliphatic rings. The van der Waals surface area contributed by atoms with Crippen LogP contribution in [0.15, 0.2) is 35.8 Å². The quantitative estimate of drug-likeness (QED) is 0.180. The van der Waals surface area contributed by atoms with Crippen LogP contribution in [0.25, 0.3) is 0 Å². The highest BCUT2D eigenvalue weighted by Crippen LogP contribution is 2.44. The lowest BCUT2D eigenvalue weighted by molar-refractivity contribution is -0.139. The van der Waals surface area contributed by atoms with E-state index in [1.165, 1.54) is 0 Å². The van der Waals surface area contributed by atoms with Crippen LogP contribution in [0.5, 0.6) is 0 Å². The first-order valence-electron chi connectivity index (χ1n) is 9.35. The van der Waals surface area contributed by atoms with E-state index >= 15 is 0 Å². The minimum absolute atomic E-state index is 0.198. The molecule has 0 aromatic heterocycles. The van der Waals surface area contributed by atoms with Crippen LogP contribution in [0.4, 0.5) is 18.9 Å². The third kappa shape index (κ3) is 6.65. The van der Waals surface area contributed by atoms with Gasteiger partial charge in [0.05, 0.1) is 17.7 Å². The third-order valence-corrected chi connectivity index (χ3v) is 4.75. The average molecular weight is 454 g/mol. The van der Waals surface area contributed by atoms with Crippen molar-refractivity contribution in [1.82, 2.24) is 5.32 Å². The Morgan fingerprint density at radius 3 is 2.44 bits per heavy atom. The highest BCUT2D eigenvalue weighted by molar-refractivity contribution is 6.01. The Kier molecular flexibility index (Phi) is 7.39. The molecule has 1 aromatic carbocycles. The number of Topliss-reactive ketones (excluding diaryl/α,β-unsaturated/α-hetero) is 1. The first kappa shape index (κ1) is 24.6. The fourth-order valence-corrected chi connectivity index (χ4v) is 3.17. The Bertz CT molecular complexity index is 986. The Morgan fingerprint density at radius 1 is 1.25 bits per heavy atom. The fraction of sp³-hybridized carbons (Fsp3) is 0.350. The van der Waals surface area contributed by atoms with Gasteiger partial charge in [0.2, 0.25) is 5.91 Å². The SMILES string of the molecule is C=CC(=O)C(CC(=O)O)NC(=O)CC1CC1C(=O)c1cc(N=C(N)N)cc(C(F)(F)F)c1. The van der Waals surface area contributed by atoms with Crippen LogP contribution in [0.1, 0.15) is 35.2 Å². The van der Waals surface area contributed by atoms with Gasteiger partial charge in [-0.05, 0) is 36.6 Å². The van der Waals surface area contributed by atoms with Crippen molar-refractivity contribution in [2.45, 2.75) is 31.5 Å². The summed E-state index contributed by atoms with van der Waals surface area (Å²) in [6, 6.07) is 1.22. The lowest BCUT2D eigenvalue weighted by Crippen LogP contribution is -2.41. The van der Waals surface area contributed by atoms with Crippen molar-refractivity contribution in [2.24, 2.45) is 28.3 Å². The van der Waals surface area contributed by atoms with Crippen molar-refractivity contribution < 1.29 is 37.5 Å². The molecular weight excluding hydrogens is 433 g/mol. The van der Waals surface area contributed by atoms with Crippen LogP contribution in [0, 0.1) is 11.8 Å². The number of alkyl halides is 3. The maximum atomic E-state index is 13.2. The minimum atomic E-state index is -4.73. The molecule has 1 amide bonds. The summed E-state index contributed by atoms with van der Waals surface area (Å²) in [6.07, 6.45) is -4.43. The van der Waals surface area contributed by atoms with Gasteiger partial charge in [0.15, 0.2) is 17.5 Å². The summed E-state index contributed by atoms with van der Waals surface area (Å²) in [5.74, 6) is -4.89. The van der Waals surface area contributed by atoms with Crippen LogP contribution >= 0.6 is 0 Å². The van der Waals surface area contributed by atoms with Gasteiger partial charge in [0, 0.05) is 17.9 Å². The summed E-state index contributed by atoms with van der Waals surface area (Å²) in [5.41, 5.74) is 8.83. The van der Waals surface area contributed by atoms with Gasteiger partial charge >= 0.3 is 12.1 Å². The molecule has 2 rings (SSSR count). The third-order valence-electron chi connectivity index (χ3n) is 4.75. The predicted octanol–water partition coefficient (Wildman–Crippen LogP) is 1.53. The number of nitrogens with zero attached hydrogens (tertiary/aromatic N) is 1. The van der Waals surface area contributed by atoms with Gasteiger partial charge in [-0.1, -0.05) is 6.58 Å². The molecule has 0 saturated heterocycles. The Hall–Kier alpha value is -3.70. The first-order valence-corrected chi connectivity index (χ1v) is 9.35. The minimum Gasteiger partial charge on any atom is -0.481 e. The van der Waals surface area contributed by atoms with Crippen molar-refractivity contribution in [1.29, 1.82) is 0 Å². The van der Waals surface area contributed by atoms with E-state index < -0.39 is 65.4 Å². The van der Waals surface area contributed by atoms with E-state index in [9.17, 15) is 32.3 Å². The lowest BCUT2D eigenvalue weighted by Gasteiger charge is -2.14. The van der Waals surface area contributed by atoms with E-state index in [-0.39, 0.29) is 24.1 Å². The van der Waals surface area contributed by atoms with Crippen LogP contribution < -0.4 is 16.8 Å². The van der Waals surface area contributed by atoms with Crippen LogP contribution in [0.2, 0.25) is 0 Å². The van der Waals surface area contributed by atoms with Gasteiger partial charge in [-0.3, -0.25) is 19.2 Å². The number of halogens is 3. The zero-order valence-corrected chi connectivity index (χ0v) is 16.7. The normalized spacial score (nSPS) is 18.2. The number of guanidine groups is 1. The van der Waals surface area contributed by atoms with Crippen molar-refractivity contribution >= 4 is 35.1 Å². The van der Waals surface area contributed by atoms with Gasteiger partial charge < -0.3 is 21.9 Å². The number of ketones is 2. The molecule has 0 radical (unpaired) electrons. The molecular formula is C20H21F3N4O5. The van der Waals surface area contributed by atoms with Crippen LogP contribution in [-0.4, -0.2) is 40.6 Å². The van der Waals surface area contributed by atoms with Crippen LogP contribution in [0.3, 0.4) is 0 Å². The highest BCUT2D eigenvalue weighted by Gasteiger charge is 2.45. The molecule has 32 heavy (non-hydrogen) atoms. The van der Waals surface area contributed by atoms with E-state index in [0.29, 0.717) is 12.1 Å². The monoisotopic (exact) mass is 454 g/mol. The number of nitrogens with one attached hydrogen (secondary N) is 1. The Balaban J connectivity index is 2.11. The van der Waals surface area contributed by atoms with E-state index in [1.807, 2.05) is 0 Å². The molecule has 9 nitrogen and oxygen atoms in total. The summed E-state index contributed by atoms with van der Waals surface area (Å²) < 4.78 is 39.5. The zero-order valence-electron chi connectivity index (χ0n) is 16.7. The molecule has 3 unspecified atom stereocenters. The van der Waals surface area contributed by atoms with Gasteiger partial charge in [-0.15, -0.1) is 0 Å². The Morgan fingerprint density at radius 2 is 1.91 bits per heavy atom. The van der Waals surface area contributed by atoms with Gasteiger partial charge in [-0.2, -0.15) is 13.2 Å². The summed E-state index contributed by atoms with van der Waals surface area (Å²) in [4.78, 5) is 51.0. The molecule has 0 aliphatic heterocycles. The topological polar surface area (TPSA) is 165 Å². The number of amides is 1. The number of carbonyl (C=O) groups excluding carboxylic acids is 3. The molecule has 1 saturated carbocycles. The molecule has 172 valence electrons. The molecule has 1 aromatic rings. The fourth-order valence-electron chi connectivity index (χ4n) is 3.17. The van der Waals surface area contributed by atoms with Gasteiger partial charge in [0.1, 0.15) is 6.04 Å². The number of benzene rings is 1. The number of carboxylic acid groups (broad SMARTS) is 1. The maximum Gasteiger partial charge on any atom is 0.416 e. The second kappa shape index (κ2) is 9.62. The molecule has 12 heteroatoms. The number of nitrogens with two attached hydrogens (primary N) is 2. The molecule has 1 fully saturated rings. The average Bonchev–Trinajstić information content (AvgIpc) is 3.43. The van der Waals surface area contributed by atoms with Crippen molar-refractivity contribution in [3.05, 3.63) is 42.0 Å². The number of carbonyl (C=O) groups is 4. The number of rotatable bonds is 10. The summed E-state index contributed by atoms with van der Waals surface area (Å²) >= 11 is 0. The number of aliphatic imine (C=N–C) groups is 1. The Labute approximate surface area is 180 Å². The van der Waals surface area contributed by atoms with Gasteiger partial charge in [0.25, 0.3) is 0 Å². The highest BCUT2D eigenvalue weighted by atomic mass is 19.4. The number of hydrogen-bond donors (Lipinski definition) is 4. The molecule has 0 bridgehead atoms. The standard InChI is InChI=1S/C20H21F3N4O5/c1-2-15(28)14(8-17(30)31)27-16(29)6-9-5-13(9)18(32)10-3-11(20(21,22)23)7-12(4-10)26-19(24)25/h2-4,7,9,13-14H,1,5-6,8H2,(H,27,29)(H,30,31)(H4,24,25,26).